The molecule has 26 heavy (non-hydrogen) atoms. The molecule has 0 N–H and O–H groups in total. The summed E-state index contributed by atoms with van der Waals surface area (Å²) in [6.45, 7) is 13.3. The fraction of sp³-hybridized carbons (Fsp3) is 0.250. The number of benzene rings is 2. The van der Waals surface area contributed by atoms with Crippen molar-refractivity contribution >= 4 is 11.4 Å². The van der Waals surface area contributed by atoms with Crippen LogP contribution in [0.15, 0.2) is 85.2 Å². The van der Waals surface area contributed by atoms with Gasteiger partial charge in [0, 0.05) is 36.9 Å². The normalized spacial score (nSPS) is 27.4. The third kappa shape index (κ3) is 1.99. The molecule has 0 saturated carbocycles. The van der Waals surface area contributed by atoms with Gasteiger partial charge in [0.15, 0.2) is 0 Å². The molecular formula is C24H26N2. The average molecular weight is 342 g/mol. The van der Waals surface area contributed by atoms with Crippen molar-refractivity contribution in [1.82, 2.24) is 0 Å². The molecule has 0 radical (unpaired) electrons. The predicted molar refractivity (Wildman–Crippen MR) is 112 cm³/mol. The van der Waals surface area contributed by atoms with Crippen molar-refractivity contribution in [1.29, 1.82) is 0 Å². The number of likely N-dealkylation sites (N-methyl/N-ethyl adjacent to an activating group) is 2. The summed E-state index contributed by atoms with van der Waals surface area (Å²) < 4.78 is 0. The van der Waals surface area contributed by atoms with Gasteiger partial charge in [-0.1, -0.05) is 61.7 Å². The van der Waals surface area contributed by atoms with E-state index in [0.29, 0.717) is 0 Å². The van der Waals surface area contributed by atoms with Crippen LogP contribution in [0, 0.1) is 0 Å². The first-order chi connectivity index (χ1) is 12.3. The Morgan fingerprint density at radius 2 is 1.04 bits per heavy atom. The summed E-state index contributed by atoms with van der Waals surface area (Å²) >= 11 is 0. The van der Waals surface area contributed by atoms with Gasteiger partial charge < -0.3 is 9.80 Å². The van der Waals surface area contributed by atoms with Crippen molar-refractivity contribution < 1.29 is 0 Å². The monoisotopic (exact) mass is 342 g/mol. The summed E-state index contributed by atoms with van der Waals surface area (Å²) in [5, 5.41) is 0. The van der Waals surface area contributed by atoms with E-state index in [4.69, 9.17) is 0 Å². The first kappa shape index (κ1) is 16.7. The molecular weight excluding hydrogens is 316 g/mol. The van der Waals surface area contributed by atoms with E-state index in [1.165, 1.54) is 22.5 Å². The molecule has 0 aliphatic carbocycles. The van der Waals surface area contributed by atoms with Gasteiger partial charge in [-0.3, -0.25) is 0 Å². The molecule has 0 aromatic heterocycles. The van der Waals surface area contributed by atoms with E-state index < -0.39 is 0 Å². The Hall–Kier alpha value is -2.74. The first-order valence-electron chi connectivity index (χ1n) is 9.06. The molecule has 2 atom stereocenters. The largest absolute Gasteiger partial charge is 0.347 e. The number of para-hydroxylation sites is 2. The van der Waals surface area contributed by atoms with Crippen molar-refractivity contribution in [2.45, 2.75) is 24.7 Å². The standard InChI is InChI=1S/C24H26N2/c1-17-23(3,19-11-7-9-13-21(19)25(17)5)15-16-24(4)18(2)26(6)22-14-10-8-12-20(22)24/h7-16H,1-2H2,3-6H3. The lowest BCUT2D eigenvalue weighted by Gasteiger charge is -2.28. The number of allylic oxidation sites excluding steroid dienone is 2. The van der Waals surface area contributed by atoms with Gasteiger partial charge in [0.2, 0.25) is 0 Å². The van der Waals surface area contributed by atoms with Gasteiger partial charge in [-0.05, 0) is 37.1 Å². The number of anilines is 2. The van der Waals surface area contributed by atoms with Crippen LogP contribution in [0.25, 0.3) is 0 Å². The van der Waals surface area contributed by atoms with Crippen molar-refractivity contribution in [3.63, 3.8) is 0 Å². The molecule has 2 aliphatic heterocycles. The number of hydrogen-bond donors (Lipinski definition) is 0. The summed E-state index contributed by atoms with van der Waals surface area (Å²) in [4.78, 5) is 4.40. The Morgan fingerprint density at radius 3 is 1.42 bits per heavy atom. The van der Waals surface area contributed by atoms with Crippen molar-refractivity contribution in [2.24, 2.45) is 0 Å². The first-order valence-corrected chi connectivity index (χ1v) is 9.06. The van der Waals surface area contributed by atoms with Crippen LogP contribution < -0.4 is 9.80 Å². The summed E-state index contributed by atoms with van der Waals surface area (Å²) in [6.07, 6.45) is 4.64. The molecule has 4 rings (SSSR count). The third-order valence-corrected chi connectivity index (χ3v) is 6.41. The maximum atomic E-state index is 4.39. The minimum Gasteiger partial charge on any atom is -0.347 e. The SMILES string of the molecule is C=C1N(C)c2ccccc2C1(C)C=CC1(C)C(=C)N(C)c2ccccc21. The molecule has 2 heteroatoms. The topological polar surface area (TPSA) is 6.48 Å². The van der Waals surface area contributed by atoms with Gasteiger partial charge in [0.25, 0.3) is 0 Å². The van der Waals surface area contributed by atoms with Gasteiger partial charge in [-0.2, -0.15) is 0 Å². The van der Waals surface area contributed by atoms with E-state index in [-0.39, 0.29) is 10.8 Å². The Kier molecular flexibility index (Phi) is 3.46. The van der Waals surface area contributed by atoms with E-state index >= 15 is 0 Å². The summed E-state index contributed by atoms with van der Waals surface area (Å²) in [7, 11) is 4.19. The van der Waals surface area contributed by atoms with E-state index in [0.717, 1.165) is 11.4 Å². The molecule has 2 aromatic rings. The number of fused-ring (bicyclic) bond motifs is 2. The van der Waals surface area contributed by atoms with E-state index in [1.807, 2.05) is 0 Å². The lowest BCUT2D eigenvalue weighted by Crippen LogP contribution is -2.27. The molecule has 0 spiro atoms. The minimum absolute atomic E-state index is 0.218. The van der Waals surface area contributed by atoms with Gasteiger partial charge in [0.1, 0.15) is 0 Å². The van der Waals surface area contributed by atoms with Crippen molar-refractivity contribution in [3.05, 3.63) is 96.4 Å². The van der Waals surface area contributed by atoms with Crippen LogP contribution in [0.1, 0.15) is 25.0 Å². The second kappa shape index (κ2) is 5.38. The van der Waals surface area contributed by atoms with Crippen LogP contribution in [0.3, 0.4) is 0 Å². The summed E-state index contributed by atoms with van der Waals surface area (Å²) in [5.41, 5.74) is 6.84. The average Bonchev–Trinajstić information content (AvgIpc) is 2.98. The third-order valence-electron chi connectivity index (χ3n) is 6.41. The molecule has 2 heterocycles. The van der Waals surface area contributed by atoms with Crippen LogP contribution >= 0.6 is 0 Å². The Bertz CT molecular complexity index is 877. The number of nitrogens with zero attached hydrogens (tertiary/aromatic N) is 2. The molecule has 2 unspecified atom stereocenters. The van der Waals surface area contributed by atoms with Crippen LogP contribution in [0.4, 0.5) is 11.4 Å². The Balaban J connectivity index is 1.82. The van der Waals surface area contributed by atoms with Crippen LogP contribution in [0.5, 0.6) is 0 Å². The van der Waals surface area contributed by atoms with Gasteiger partial charge >= 0.3 is 0 Å². The molecule has 132 valence electrons. The lowest BCUT2D eigenvalue weighted by molar-refractivity contribution is 0.680. The quantitative estimate of drug-likeness (QED) is 0.676. The molecule has 2 nitrogen and oxygen atoms in total. The summed E-state index contributed by atoms with van der Waals surface area (Å²) in [5.74, 6) is 0. The zero-order valence-corrected chi connectivity index (χ0v) is 16.1. The predicted octanol–water partition coefficient (Wildman–Crippen LogP) is 5.39. The lowest BCUT2D eigenvalue weighted by atomic mass is 9.76. The fourth-order valence-corrected chi connectivity index (χ4v) is 4.41. The van der Waals surface area contributed by atoms with Crippen LogP contribution in [0.2, 0.25) is 0 Å². The highest BCUT2D eigenvalue weighted by molar-refractivity contribution is 5.74. The van der Waals surface area contributed by atoms with E-state index in [9.17, 15) is 0 Å². The van der Waals surface area contributed by atoms with Gasteiger partial charge in [0.05, 0.1) is 10.8 Å². The fourth-order valence-electron chi connectivity index (χ4n) is 4.41. The van der Waals surface area contributed by atoms with Crippen LogP contribution in [-0.2, 0) is 10.8 Å². The zero-order chi connectivity index (χ0) is 18.7. The van der Waals surface area contributed by atoms with Crippen LogP contribution in [-0.4, -0.2) is 14.1 Å². The highest BCUT2D eigenvalue weighted by Gasteiger charge is 2.42. The maximum absolute atomic E-state index is 4.39. The highest BCUT2D eigenvalue weighted by Crippen LogP contribution is 2.51. The second-order valence-corrected chi connectivity index (χ2v) is 7.78. The van der Waals surface area contributed by atoms with Gasteiger partial charge in [-0.25, -0.2) is 0 Å². The number of hydrogen-bond acceptors (Lipinski definition) is 2. The van der Waals surface area contributed by atoms with Gasteiger partial charge in [-0.15, -0.1) is 0 Å². The van der Waals surface area contributed by atoms with E-state index in [2.05, 4.69) is 112 Å². The molecule has 2 aromatic carbocycles. The Morgan fingerprint density at radius 1 is 0.692 bits per heavy atom. The second-order valence-electron chi connectivity index (χ2n) is 7.78. The summed E-state index contributed by atoms with van der Waals surface area (Å²) in [6, 6.07) is 17.1. The zero-order valence-electron chi connectivity index (χ0n) is 16.1. The maximum Gasteiger partial charge on any atom is 0.0521 e. The smallest absolute Gasteiger partial charge is 0.0521 e. The van der Waals surface area contributed by atoms with Crippen molar-refractivity contribution in [3.8, 4) is 0 Å². The molecule has 0 fully saturated rings. The molecule has 0 bridgehead atoms. The highest BCUT2D eigenvalue weighted by atomic mass is 15.2. The minimum atomic E-state index is -0.218. The van der Waals surface area contributed by atoms with E-state index in [1.54, 1.807) is 0 Å². The van der Waals surface area contributed by atoms with Crippen molar-refractivity contribution in [2.75, 3.05) is 23.9 Å². The Labute approximate surface area is 156 Å². The number of rotatable bonds is 2. The molecule has 0 amide bonds. The molecule has 0 saturated heterocycles. The molecule has 2 aliphatic rings.